The van der Waals surface area contributed by atoms with Crippen molar-refractivity contribution in [3.05, 3.63) is 22.1 Å². The van der Waals surface area contributed by atoms with Gasteiger partial charge in [0.2, 0.25) is 0 Å². The molecule has 2 heterocycles. The van der Waals surface area contributed by atoms with E-state index in [4.69, 9.17) is 0 Å². The van der Waals surface area contributed by atoms with E-state index < -0.39 is 0 Å². The molecule has 0 spiro atoms. The highest BCUT2D eigenvalue weighted by atomic mass is 16.1. The van der Waals surface area contributed by atoms with Crippen LogP contribution in [0.3, 0.4) is 0 Å². The smallest absolute Gasteiger partial charge is 0.268 e. The molecule has 3 N–H and O–H groups in total. The zero-order valence-electron chi connectivity index (χ0n) is 7.63. The summed E-state index contributed by atoms with van der Waals surface area (Å²) in [5.41, 5.74) is 0.777. The third-order valence-corrected chi connectivity index (χ3v) is 2.43. The van der Waals surface area contributed by atoms with E-state index in [0.717, 1.165) is 25.2 Å². The Balaban J connectivity index is 2.17. The third-order valence-electron chi connectivity index (χ3n) is 2.43. The molecular formula is C8H14N4O. The molecule has 1 unspecified atom stereocenters. The summed E-state index contributed by atoms with van der Waals surface area (Å²) in [5.74, 6) is 0. The molecule has 13 heavy (non-hydrogen) atoms. The molecule has 1 aliphatic rings. The average molecular weight is 182 g/mol. The van der Waals surface area contributed by atoms with Crippen LogP contribution in [-0.2, 0) is 0 Å². The summed E-state index contributed by atoms with van der Waals surface area (Å²) in [7, 11) is 2.06. The van der Waals surface area contributed by atoms with Gasteiger partial charge in [-0.1, -0.05) is 0 Å². The first-order valence-electron chi connectivity index (χ1n) is 4.45. The highest BCUT2D eigenvalue weighted by molar-refractivity contribution is 5.11. The van der Waals surface area contributed by atoms with Crippen LogP contribution in [0, 0.1) is 0 Å². The van der Waals surface area contributed by atoms with Crippen LogP contribution in [0.25, 0.3) is 0 Å². The van der Waals surface area contributed by atoms with Gasteiger partial charge in [0.05, 0.1) is 11.6 Å². The molecule has 5 heteroatoms. The highest BCUT2D eigenvalue weighted by Crippen LogP contribution is 2.10. The Kier molecular flexibility index (Phi) is 2.20. The Morgan fingerprint density at radius 3 is 3.08 bits per heavy atom. The van der Waals surface area contributed by atoms with E-state index >= 15 is 0 Å². The average Bonchev–Trinajstić information content (AvgIpc) is 2.51. The number of nitrogens with one attached hydrogen (secondary N) is 3. The van der Waals surface area contributed by atoms with Gasteiger partial charge in [-0.2, -0.15) is 0 Å². The van der Waals surface area contributed by atoms with Crippen LogP contribution in [0.4, 0.5) is 0 Å². The Morgan fingerprint density at radius 1 is 1.62 bits per heavy atom. The predicted octanol–water partition coefficient (Wildman–Crippen LogP) is -0.721. The second kappa shape index (κ2) is 3.35. The third kappa shape index (κ3) is 1.66. The minimum Gasteiger partial charge on any atom is -0.307 e. The standard InChI is InChI=1S/C8H14N4O/c1-12-3-2-9-7(5-12)6-4-10-11-8(6)13/h4,7,9H,2-3,5H2,1H3,(H2,10,11,13). The maximum Gasteiger partial charge on any atom is 0.268 e. The van der Waals surface area contributed by atoms with Gasteiger partial charge in [0, 0.05) is 25.8 Å². The minimum absolute atomic E-state index is 0.0206. The molecule has 72 valence electrons. The highest BCUT2D eigenvalue weighted by Gasteiger charge is 2.20. The summed E-state index contributed by atoms with van der Waals surface area (Å²) < 4.78 is 0. The van der Waals surface area contributed by atoms with Crippen molar-refractivity contribution in [1.82, 2.24) is 20.4 Å². The van der Waals surface area contributed by atoms with Crippen molar-refractivity contribution in [1.29, 1.82) is 0 Å². The lowest BCUT2D eigenvalue weighted by Gasteiger charge is -2.29. The number of aromatic nitrogens is 2. The van der Waals surface area contributed by atoms with E-state index in [9.17, 15) is 4.79 Å². The molecule has 0 radical (unpaired) electrons. The molecule has 1 saturated heterocycles. The maximum absolute atomic E-state index is 11.3. The van der Waals surface area contributed by atoms with Gasteiger partial charge in [0.25, 0.3) is 5.56 Å². The van der Waals surface area contributed by atoms with E-state index in [0.29, 0.717) is 0 Å². The van der Waals surface area contributed by atoms with Crippen molar-refractivity contribution in [3.8, 4) is 0 Å². The van der Waals surface area contributed by atoms with E-state index in [2.05, 4.69) is 27.5 Å². The summed E-state index contributed by atoms with van der Waals surface area (Å²) in [6, 6.07) is 0.161. The normalized spacial score (nSPS) is 24.8. The van der Waals surface area contributed by atoms with Gasteiger partial charge in [0.15, 0.2) is 0 Å². The molecule has 2 rings (SSSR count). The molecule has 1 aromatic heterocycles. The Labute approximate surface area is 76.1 Å². The first kappa shape index (κ1) is 8.52. The molecular weight excluding hydrogens is 168 g/mol. The van der Waals surface area contributed by atoms with E-state index in [1.807, 2.05) is 0 Å². The van der Waals surface area contributed by atoms with Crippen LogP contribution in [0.15, 0.2) is 11.0 Å². The van der Waals surface area contributed by atoms with Gasteiger partial charge in [-0.3, -0.25) is 9.89 Å². The number of aromatic amines is 2. The van der Waals surface area contributed by atoms with Crippen LogP contribution in [0.5, 0.6) is 0 Å². The van der Waals surface area contributed by atoms with Crippen molar-refractivity contribution in [3.63, 3.8) is 0 Å². The van der Waals surface area contributed by atoms with Crippen LogP contribution >= 0.6 is 0 Å². The molecule has 0 saturated carbocycles. The van der Waals surface area contributed by atoms with Gasteiger partial charge in [0.1, 0.15) is 0 Å². The number of rotatable bonds is 1. The van der Waals surface area contributed by atoms with Crippen molar-refractivity contribution < 1.29 is 0 Å². The molecule has 5 nitrogen and oxygen atoms in total. The molecule has 1 aromatic rings. The van der Waals surface area contributed by atoms with Crippen molar-refractivity contribution >= 4 is 0 Å². The van der Waals surface area contributed by atoms with E-state index in [1.54, 1.807) is 6.20 Å². The van der Waals surface area contributed by atoms with Gasteiger partial charge < -0.3 is 15.3 Å². The second-order valence-electron chi connectivity index (χ2n) is 3.47. The van der Waals surface area contributed by atoms with Gasteiger partial charge in [-0.05, 0) is 7.05 Å². The molecule has 1 atom stereocenters. The predicted molar refractivity (Wildman–Crippen MR) is 49.7 cm³/mol. The monoisotopic (exact) mass is 182 g/mol. The van der Waals surface area contributed by atoms with Crippen LogP contribution in [0.1, 0.15) is 11.6 Å². The summed E-state index contributed by atoms with van der Waals surface area (Å²) in [4.78, 5) is 13.5. The molecule has 1 aliphatic heterocycles. The zero-order valence-corrected chi connectivity index (χ0v) is 7.63. The van der Waals surface area contributed by atoms with Gasteiger partial charge in [-0.15, -0.1) is 0 Å². The second-order valence-corrected chi connectivity index (χ2v) is 3.47. The molecule has 0 bridgehead atoms. The number of H-pyrrole nitrogens is 2. The number of hydrogen-bond acceptors (Lipinski definition) is 3. The lowest BCUT2D eigenvalue weighted by molar-refractivity contribution is 0.240. The van der Waals surface area contributed by atoms with Crippen molar-refractivity contribution in [2.45, 2.75) is 6.04 Å². The first-order chi connectivity index (χ1) is 6.27. The van der Waals surface area contributed by atoms with Crippen LogP contribution < -0.4 is 10.9 Å². The fraction of sp³-hybridized carbons (Fsp3) is 0.625. The largest absolute Gasteiger partial charge is 0.307 e. The quantitative estimate of drug-likeness (QED) is 0.537. The fourth-order valence-electron chi connectivity index (χ4n) is 1.68. The van der Waals surface area contributed by atoms with Crippen LogP contribution in [0.2, 0.25) is 0 Å². The maximum atomic E-state index is 11.3. The first-order valence-corrected chi connectivity index (χ1v) is 4.45. The van der Waals surface area contributed by atoms with E-state index in [1.165, 1.54) is 0 Å². The van der Waals surface area contributed by atoms with E-state index in [-0.39, 0.29) is 11.6 Å². The number of hydrogen-bond donors (Lipinski definition) is 3. The minimum atomic E-state index is -0.0206. The van der Waals surface area contributed by atoms with Crippen molar-refractivity contribution in [2.75, 3.05) is 26.7 Å². The lowest BCUT2D eigenvalue weighted by atomic mass is 10.1. The zero-order chi connectivity index (χ0) is 9.26. The molecule has 0 aliphatic carbocycles. The summed E-state index contributed by atoms with van der Waals surface area (Å²) in [6.07, 6.45) is 1.74. The number of nitrogens with zero attached hydrogens (tertiary/aromatic N) is 1. The summed E-state index contributed by atoms with van der Waals surface area (Å²) in [5, 5.41) is 8.57. The number of likely N-dealkylation sites (N-methyl/N-ethyl adjacent to an activating group) is 1. The Morgan fingerprint density at radius 2 is 2.46 bits per heavy atom. The Hall–Kier alpha value is -1.07. The lowest BCUT2D eigenvalue weighted by Crippen LogP contribution is -2.44. The molecule has 0 aromatic carbocycles. The summed E-state index contributed by atoms with van der Waals surface area (Å²) in [6.45, 7) is 2.87. The van der Waals surface area contributed by atoms with Crippen LogP contribution in [-0.4, -0.2) is 41.8 Å². The summed E-state index contributed by atoms with van der Waals surface area (Å²) >= 11 is 0. The molecule has 0 amide bonds. The topological polar surface area (TPSA) is 63.9 Å². The van der Waals surface area contributed by atoms with Gasteiger partial charge >= 0.3 is 0 Å². The fourth-order valence-corrected chi connectivity index (χ4v) is 1.68. The van der Waals surface area contributed by atoms with Crippen molar-refractivity contribution in [2.24, 2.45) is 0 Å². The SMILES string of the molecule is CN1CCNC(c2c[nH][nH]c2=O)C1. The Bertz CT molecular complexity index is 329. The molecule has 1 fully saturated rings. The van der Waals surface area contributed by atoms with Gasteiger partial charge in [-0.25, -0.2) is 0 Å². The number of piperazine rings is 1.